The molecule has 0 heterocycles. The summed E-state index contributed by atoms with van der Waals surface area (Å²) in [6.45, 7) is 1.94. The Morgan fingerprint density at radius 1 is 1.60 bits per heavy atom. The molecule has 0 saturated carbocycles. The lowest BCUT2D eigenvalue weighted by Crippen LogP contribution is -2.16. The molecule has 0 aliphatic rings. The van der Waals surface area contributed by atoms with Gasteiger partial charge < -0.3 is 10.1 Å². The molecule has 0 amide bonds. The minimum Gasteiger partial charge on any atom is -0.495 e. The van der Waals surface area contributed by atoms with E-state index in [-0.39, 0.29) is 6.04 Å². The molecule has 1 aromatic carbocycles. The summed E-state index contributed by atoms with van der Waals surface area (Å²) in [4.78, 5) is 0. The maximum atomic E-state index is 8.83. The van der Waals surface area contributed by atoms with Crippen molar-refractivity contribution >= 4 is 17.3 Å². The molecule has 80 valence electrons. The maximum Gasteiger partial charge on any atom is 0.142 e. The summed E-state index contributed by atoms with van der Waals surface area (Å²) in [5.74, 6) is 0.688. The molecule has 0 saturated heterocycles. The first-order valence-electron chi connectivity index (χ1n) is 4.71. The summed E-state index contributed by atoms with van der Waals surface area (Å²) >= 11 is 5.87. The Morgan fingerprint density at radius 2 is 2.33 bits per heavy atom. The summed E-state index contributed by atoms with van der Waals surface area (Å²) in [5, 5.41) is 12.5. The molecule has 1 unspecified atom stereocenters. The van der Waals surface area contributed by atoms with Gasteiger partial charge in [-0.15, -0.1) is 0 Å². The molecule has 0 radical (unpaired) electrons. The van der Waals surface area contributed by atoms with Crippen LogP contribution in [0.3, 0.4) is 0 Å². The highest BCUT2D eigenvalue weighted by molar-refractivity contribution is 6.30. The summed E-state index contributed by atoms with van der Waals surface area (Å²) in [6.07, 6.45) is 0.728. The average molecular weight is 225 g/mol. The lowest BCUT2D eigenvalue weighted by atomic mass is 10.2. The number of nitrogens with one attached hydrogen (secondary N) is 1. The molecule has 0 aliphatic carbocycles. The van der Waals surface area contributed by atoms with E-state index in [0.717, 1.165) is 12.1 Å². The van der Waals surface area contributed by atoms with Crippen molar-refractivity contribution in [2.24, 2.45) is 0 Å². The molecule has 0 fully saturated rings. The zero-order valence-corrected chi connectivity index (χ0v) is 9.51. The molecule has 1 atom stereocenters. The molecular formula is C11H13ClN2O. The van der Waals surface area contributed by atoms with E-state index in [9.17, 15) is 0 Å². The third kappa shape index (κ3) is 3.03. The van der Waals surface area contributed by atoms with Gasteiger partial charge >= 0.3 is 0 Å². The molecular weight excluding hydrogens is 212 g/mol. The second-order valence-corrected chi connectivity index (χ2v) is 3.52. The van der Waals surface area contributed by atoms with E-state index in [4.69, 9.17) is 21.6 Å². The zero-order chi connectivity index (χ0) is 11.3. The highest BCUT2D eigenvalue weighted by Crippen LogP contribution is 2.28. The van der Waals surface area contributed by atoms with Crippen LogP contribution < -0.4 is 10.1 Å². The van der Waals surface area contributed by atoms with E-state index in [0.29, 0.717) is 10.8 Å². The topological polar surface area (TPSA) is 45.0 Å². The number of halogens is 1. The van der Waals surface area contributed by atoms with Crippen molar-refractivity contribution < 1.29 is 4.74 Å². The maximum absolute atomic E-state index is 8.83. The quantitative estimate of drug-likeness (QED) is 0.855. The van der Waals surface area contributed by atoms with Crippen LogP contribution in [0.15, 0.2) is 18.2 Å². The van der Waals surface area contributed by atoms with Gasteiger partial charge in [-0.05, 0) is 24.6 Å². The van der Waals surface area contributed by atoms with Crippen molar-refractivity contribution in [3.8, 4) is 11.8 Å². The van der Waals surface area contributed by atoms with Crippen LogP contribution in [-0.2, 0) is 0 Å². The fraction of sp³-hybridized carbons (Fsp3) is 0.364. The van der Waals surface area contributed by atoms with Crippen LogP contribution in [0.1, 0.15) is 13.3 Å². The van der Waals surface area contributed by atoms with Crippen LogP contribution in [0.5, 0.6) is 5.75 Å². The van der Waals surface area contributed by atoms with E-state index in [1.165, 1.54) is 0 Å². The largest absolute Gasteiger partial charge is 0.495 e. The standard InChI is InChI=1S/C11H13ClN2O/c1-3-9(7-13)14-10-6-8(12)4-5-11(10)15-2/h4-6,9,14H,3H2,1-2H3. The number of methoxy groups -OCH3 is 1. The molecule has 1 N–H and O–H groups in total. The van der Waals surface area contributed by atoms with Gasteiger partial charge in [-0.2, -0.15) is 5.26 Å². The summed E-state index contributed by atoms with van der Waals surface area (Å²) < 4.78 is 5.16. The second kappa shape index (κ2) is 5.47. The lowest BCUT2D eigenvalue weighted by Gasteiger charge is -2.14. The average Bonchev–Trinajstić information content (AvgIpc) is 2.26. The molecule has 15 heavy (non-hydrogen) atoms. The Hall–Kier alpha value is -1.40. The second-order valence-electron chi connectivity index (χ2n) is 3.08. The highest BCUT2D eigenvalue weighted by atomic mass is 35.5. The normalized spacial score (nSPS) is 11.6. The molecule has 0 aliphatic heterocycles. The summed E-state index contributed by atoms with van der Waals surface area (Å²) in [7, 11) is 1.59. The van der Waals surface area contributed by atoms with Crippen LogP contribution in [0.2, 0.25) is 5.02 Å². The lowest BCUT2D eigenvalue weighted by molar-refractivity contribution is 0.416. The first-order chi connectivity index (χ1) is 7.21. The predicted molar refractivity (Wildman–Crippen MR) is 61.3 cm³/mol. The smallest absolute Gasteiger partial charge is 0.142 e. The van der Waals surface area contributed by atoms with Gasteiger partial charge in [-0.1, -0.05) is 18.5 Å². The molecule has 4 heteroatoms. The molecule has 1 rings (SSSR count). The van der Waals surface area contributed by atoms with Gasteiger partial charge in [0.15, 0.2) is 0 Å². The minimum absolute atomic E-state index is 0.225. The molecule has 0 aromatic heterocycles. The van der Waals surface area contributed by atoms with Gasteiger partial charge in [0.1, 0.15) is 11.8 Å². The van der Waals surface area contributed by atoms with Crippen LogP contribution in [0.25, 0.3) is 0 Å². The SMILES string of the molecule is CCC(C#N)Nc1cc(Cl)ccc1OC. The molecule has 0 spiro atoms. The minimum atomic E-state index is -0.225. The van der Waals surface area contributed by atoms with Crippen molar-refractivity contribution in [1.29, 1.82) is 5.26 Å². The van der Waals surface area contributed by atoms with Gasteiger partial charge in [0.2, 0.25) is 0 Å². The number of nitrogens with zero attached hydrogens (tertiary/aromatic N) is 1. The summed E-state index contributed by atoms with van der Waals surface area (Å²) in [6, 6.07) is 7.21. The van der Waals surface area contributed by atoms with E-state index in [2.05, 4.69) is 11.4 Å². The van der Waals surface area contributed by atoms with Crippen molar-refractivity contribution in [2.75, 3.05) is 12.4 Å². The van der Waals surface area contributed by atoms with Gasteiger partial charge in [-0.3, -0.25) is 0 Å². The molecule has 1 aromatic rings. The Balaban J connectivity index is 2.92. The van der Waals surface area contributed by atoms with Gasteiger partial charge in [0.25, 0.3) is 0 Å². The fourth-order valence-electron chi connectivity index (χ4n) is 1.21. The van der Waals surface area contributed by atoms with Crippen LogP contribution in [-0.4, -0.2) is 13.2 Å². The Morgan fingerprint density at radius 3 is 2.87 bits per heavy atom. The third-order valence-electron chi connectivity index (χ3n) is 2.06. The van der Waals surface area contributed by atoms with E-state index in [1.54, 1.807) is 25.3 Å². The number of rotatable bonds is 4. The van der Waals surface area contributed by atoms with Gasteiger partial charge in [0.05, 0.1) is 18.9 Å². The van der Waals surface area contributed by atoms with E-state index < -0.39 is 0 Å². The van der Waals surface area contributed by atoms with E-state index >= 15 is 0 Å². The Kier molecular flexibility index (Phi) is 4.26. The van der Waals surface area contributed by atoms with Crippen molar-refractivity contribution in [1.82, 2.24) is 0 Å². The van der Waals surface area contributed by atoms with Crippen molar-refractivity contribution in [3.05, 3.63) is 23.2 Å². The number of anilines is 1. The Bertz CT molecular complexity index is 373. The monoisotopic (exact) mass is 224 g/mol. The van der Waals surface area contributed by atoms with Gasteiger partial charge in [0, 0.05) is 5.02 Å². The number of benzene rings is 1. The zero-order valence-electron chi connectivity index (χ0n) is 8.75. The Labute approximate surface area is 94.6 Å². The predicted octanol–water partition coefficient (Wildman–Crippen LogP) is 3.06. The number of nitriles is 1. The van der Waals surface area contributed by atoms with Crippen molar-refractivity contribution in [2.45, 2.75) is 19.4 Å². The highest BCUT2D eigenvalue weighted by Gasteiger charge is 2.08. The van der Waals surface area contributed by atoms with E-state index in [1.807, 2.05) is 6.92 Å². The number of ether oxygens (including phenoxy) is 1. The van der Waals surface area contributed by atoms with Crippen LogP contribution >= 0.6 is 11.6 Å². The molecule has 3 nitrogen and oxygen atoms in total. The summed E-state index contributed by atoms with van der Waals surface area (Å²) in [5.41, 5.74) is 0.749. The van der Waals surface area contributed by atoms with Gasteiger partial charge in [-0.25, -0.2) is 0 Å². The number of hydrogen-bond donors (Lipinski definition) is 1. The first kappa shape index (κ1) is 11.7. The van der Waals surface area contributed by atoms with Crippen LogP contribution in [0, 0.1) is 11.3 Å². The van der Waals surface area contributed by atoms with Crippen molar-refractivity contribution in [3.63, 3.8) is 0 Å². The third-order valence-corrected chi connectivity index (χ3v) is 2.29. The first-order valence-corrected chi connectivity index (χ1v) is 5.08. The molecule has 0 bridgehead atoms. The fourth-order valence-corrected chi connectivity index (χ4v) is 1.38. The van der Waals surface area contributed by atoms with Crippen LogP contribution in [0.4, 0.5) is 5.69 Å². The number of hydrogen-bond acceptors (Lipinski definition) is 3.